The van der Waals surface area contributed by atoms with Crippen molar-refractivity contribution < 1.29 is 14.3 Å². The molecule has 1 amide bonds. The molecular weight excluding hydrogens is 208 g/mol. The second-order valence-electron chi connectivity index (χ2n) is 5.16. The number of carbonyl (C=O) groups excluding carboxylic acids is 1. The molecule has 0 saturated carbocycles. The molecule has 0 aliphatic carbocycles. The fraction of sp³-hybridized carbons (Fsp3) is 0.909. The first-order valence-corrected chi connectivity index (χ1v) is 5.71. The third kappa shape index (κ3) is 5.32. The van der Waals surface area contributed by atoms with Crippen LogP contribution < -0.4 is 11.1 Å². The smallest absolute Gasteiger partial charge is 0.407 e. The number of hydrogen-bond acceptors (Lipinski definition) is 4. The second-order valence-corrected chi connectivity index (χ2v) is 5.16. The van der Waals surface area contributed by atoms with E-state index in [0.717, 1.165) is 12.8 Å². The maximum Gasteiger partial charge on any atom is 0.407 e. The van der Waals surface area contributed by atoms with Crippen LogP contribution in [0.1, 0.15) is 33.6 Å². The first-order chi connectivity index (χ1) is 7.37. The third-order valence-corrected chi connectivity index (χ3v) is 2.28. The van der Waals surface area contributed by atoms with Gasteiger partial charge in [0.15, 0.2) is 0 Å². The molecule has 1 aliphatic rings. The largest absolute Gasteiger partial charge is 0.444 e. The van der Waals surface area contributed by atoms with Crippen LogP contribution in [0.3, 0.4) is 0 Å². The minimum atomic E-state index is -0.464. The van der Waals surface area contributed by atoms with Gasteiger partial charge >= 0.3 is 6.09 Å². The quantitative estimate of drug-likeness (QED) is 0.742. The number of hydrogen-bond donors (Lipinski definition) is 2. The minimum Gasteiger partial charge on any atom is -0.444 e. The average Bonchev–Trinajstić information content (AvgIpc) is 2.12. The van der Waals surface area contributed by atoms with E-state index in [0.29, 0.717) is 13.2 Å². The molecule has 1 aliphatic heterocycles. The highest BCUT2D eigenvalue weighted by molar-refractivity contribution is 5.67. The van der Waals surface area contributed by atoms with Crippen molar-refractivity contribution >= 4 is 6.09 Å². The molecule has 1 fully saturated rings. The SMILES string of the molecule is CC(C)(C)OC(=O)NC[C@H]1C[C@H](N)CCO1. The Morgan fingerprint density at radius 2 is 2.25 bits per heavy atom. The van der Waals surface area contributed by atoms with Crippen LogP contribution in [0.25, 0.3) is 0 Å². The zero-order chi connectivity index (χ0) is 12.2. The number of amides is 1. The lowest BCUT2D eigenvalue weighted by Crippen LogP contribution is -2.43. The number of ether oxygens (including phenoxy) is 2. The Hall–Kier alpha value is -0.810. The molecule has 0 aromatic rings. The zero-order valence-corrected chi connectivity index (χ0v) is 10.3. The Balaban J connectivity index is 2.21. The summed E-state index contributed by atoms with van der Waals surface area (Å²) in [6.07, 6.45) is 1.28. The lowest BCUT2D eigenvalue weighted by atomic mass is 10.0. The van der Waals surface area contributed by atoms with E-state index >= 15 is 0 Å². The molecule has 0 aromatic heterocycles. The van der Waals surface area contributed by atoms with Crippen LogP contribution in [0.4, 0.5) is 4.79 Å². The Bertz CT molecular complexity index is 238. The molecule has 94 valence electrons. The summed E-state index contributed by atoms with van der Waals surface area (Å²) in [6, 6.07) is 0.180. The second kappa shape index (κ2) is 5.50. The van der Waals surface area contributed by atoms with E-state index in [1.165, 1.54) is 0 Å². The van der Waals surface area contributed by atoms with Gasteiger partial charge in [-0.1, -0.05) is 0 Å². The molecule has 5 nitrogen and oxygen atoms in total. The summed E-state index contributed by atoms with van der Waals surface area (Å²) in [7, 11) is 0. The zero-order valence-electron chi connectivity index (χ0n) is 10.3. The Labute approximate surface area is 96.7 Å². The molecule has 1 heterocycles. The molecule has 16 heavy (non-hydrogen) atoms. The highest BCUT2D eigenvalue weighted by atomic mass is 16.6. The summed E-state index contributed by atoms with van der Waals surface area (Å²) in [5, 5.41) is 2.69. The first-order valence-electron chi connectivity index (χ1n) is 5.71. The Kier molecular flexibility index (Phi) is 4.56. The summed E-state index contributed by atoms with van der Waals surface area (Å²) in [5.41, 5.74) is 5.34. The number of rotatable bonds is 2. The summed E-state index contributed by atoms with van der Waals surface area (Å²) in [4.78, 5) is 11.4. The molecule has 2 atom stereocenters. The maximum atomic E-state index is 11.4. The molecule has 0 spiro atoms. The van der Waals surface area contributed by atoms with Crippen LogP contribution in [0.15, 0.2) is 0 Å². The topological polar surface area (TPSA) is 73.6 Å². The highest BCUT2D eigenvalue weighted by Gasteiger charge is 2.21. The molecule has 0 radical (unpaired) electrons. The summed E-state index contributed by atoms with van der Waals surface area (Å²) in [6.45, 7) is 6.63. The van der Waals surface area contributed by atoms with Crippen molar-refractivity contribution in [3.63, 3.8) is 0 Å². The predicted octanol–water partition coefficient (Wildman–Crippen LogP) is 1.02. The lowest BCUT2D eigenvalue weighted by molar-refractivity contribution is 0.00412. The van der Waals surface area contributed by atoms with Gasteiger partial charge in [-0.2, -0.15) is 0 Å². The van der Waals surface area contributed by atoms with Gasteiger partial charge in [0.1, 0.15) is 5.60 Å². The molecule has 1 rings (SSSR count). The lowest BCUT2D eigenvalue weighted by Gasteiger charge is -2.27. The van der Waals surface area contributed by atoms with Crippen LogP contribution in [0.2, 0.25) is 0 Å². The third-order valence-electron chi connectivity index (χ3n) is 2.28. The predicted molar refractivity (Wildman–Crippen MR) is 61.2 cm³/mol. The van der Waals surface area contributed by atoms with Gasteiger partial charge in [-0.25, -0.2) is 4.79 Å². The summed E-state index contributed by atoms with van der Waals surface area (Å²) < 4.78 is 10.6. The van der Waals surface area contributed by atoms with Crippen molar-refractivity contribution in [3.05, 3.63) is 0 Å². The van der Waals surface area contributed by atoms with Crippen LogP contribution in [-0.2, 0) is 9.47 Å². The van der Waals surface area contributed by atoms with Crippen molar-refractivity contribution in [3.8, 4) is 0 Å². The van der Waals surface area contributed by atoms with E-state index in [4.69, 9.17) is 15.2 Å². The number of nitrogens with two attached hydrogens (primary N) is 1. The van der Waals surface area contributed by atoms with E-state index in [1.807, 2.05) is 20.8 Å². The Morgan fingerprint density at radius 1 is 1.56 bits per heavy atom. The average molecular weight is 230 g/mol. The molecule has 1 saturated heterocycles. The van der Waals surface area contributed by atoms with Gasteiger partial charge in [0.2, 0.25) is 0 Å². The van der Waals surface area contributed by atoms with Crippen molar-refractivity contribution in [1.29, 1.82) is 0 Å². The van der Waals surface area contributed by atoms with Crippen molar-refractivity contribution in [1.82, 2.24) is 5.32 Å². The van der Waals surface area contributed by atoms with E-state index < -0.39 is 11.7 Å². The molecule has 3 N–H and O–H groups in total. The molecule has 5 heteroatoms. The monoisotopic (exact) mass is 230 g/mol. The van der Waals surface area contributed by atoms with E-state index in [-0.39, 0.29) is 12.1 Å². The molecular formula is C11H22N2O3. The normalized spacial score (nSPS) is 26.2. The number of nitrogens with one attached hydrogen (secondary N) is 1. The molecule has 0 unspecified atom stereocenters. The fourth-order valence-electron chi connectivity index (χ4n) is 1.56. The van der Waals surface area contributed by atoms with Crippen LogP contribution in [-0.4, -0.2) is 37.0 Å². The highest BCUT2D eigenvalue weighted by Crippen LogP contribution is 2.11. The Morgan fingerprint density at radius 3 is 2.81 bits per heavy atom. The maximum absolute atomic E-state index is 11.4. The van der Waals surface area contributed by atoms with E-state index in [9.17, 15) is 4.79 Å². The molecule has 0 aromatic carbocycles. The van der Waals surface area contributed by atoms with Gasteiger partial charge in [0.05, 0.1) is 6.10 Å². The van der Waals surface area contributed by atoms with Crippen molar-refractivity contribution in [2.45, 2.75) is 51.4 Å². The fourth-order valence-corrected chi connectivity index (χ4v) is 1.56. The van der Waals surface area contributed by atoms with Gasteiger partial charge in [-0.05, 0) is 33.6 Å². The summed E-state index contributed by atoms with van der Waals surface area (Å²) in [5.74, 6) is 0. The van der Waals surface area contributed by atoms with Gasteiger partial charge in [0.25, 0.3) is 0 Å². The van der Waals surface area contributed by atoms with Gasteiger partial charge in [-0.3, -0.25) is 0 Å². The first kappa shape index (κ1) is 13.3. The van der Waals surface area contributed by atoms with Gasteiger partial charge in [0, 0.05) is 19.2 Å². The summed E-state index contributed by atoms with van der Waals surface area (Å²) >= 11 is 0. The van der Waals surface area contributed by atoms with Crippen molar-refractivity contribution in [2.75, 3.05) is 13.2 Å². The number of alkyl carbamates (subject to hydrolysis) is 1. The van der Waals surface area contributed by atoms with Crippen LogP contribution in [0.5, 0.6) is 0 Å². The van der Waals surface area contributed by atoms with Crippen molar-refractivity contribution in [2.24, 2.45) is 5.73 Å². The standard InChI is InChI=1S/C11H22N2O3/c1-11(2,3)16-10(14)13-7-9-6-8(12)4-5-15-9/h8-9H,4-7,12H2,1-3H3,(H,13,14)/t8-,9-/m1/s1. The van der Waals surface area contributed by atoms with Gasteiger partial charge < -0.3 is 20.5 Å². The van der Waals surface area contributed by atoms with Gasteiger partial charge in [-0.15, -0.1) is 0 Å². The number of carbonyl (C=O) groups is 1. The minimum absolute atomic E-state index is 0.0104. The van der Waals surface area contributed by atoms with E-state index in [2.05, 4.69) is 5.32 Å². The molecule has 0 bridgehead atoms. The van der Waals surface area contributed by atoms with Crippen LogP contribution in [0, 0.1) is 0 Å². The van der Waals surface area contributed by atoms with E-state index in [1.54, 1.807) is 0 Å². The van der Waals surface area contributed by atoms with Crippen LogP contribution >= 0.6 is 0 Å².